The Morgan fingerprint density at radius 1 is 1.18 bits per heavy atom. The number of anilines is 2. The smallest absolute Gasteiger partial charge is 0.253 e. The van der Waals surface area contributed by atoms with Crippen LogP contribution in [0.4, 0.5) is 11.4 Å². The van der Waals surface area contributed by atoms with Crippen molar-refractivity contribution in [3.05, 3.63) is 23.8 Å². The van der Waals surface area contributed by atoms with E-state index in [1.807, 2.05) is 25.1 Å². The van der Waals surface area contributed by atoms with Crippen molar-refractivity contribution in [2.24, 2.45) is 11.8 Å². The molecule has 6 nitrogen and oxygen atoms in total. The van der Waals surface area contributed by atoms with Gasteiger partial charge in [0.1, 0.15) is 0 Å². The number of amides is 2. The van der Waals surface area contributed by atoms with Crippen LogP contribution in [0.1, 0.15) is 56.3 Å². The summed E-state index contributed by atoms with van der Waals surface area (Å²) < 4.78 is 5.33. The maximum absolute atomic E-state index is 12.9. The summed E-state index contributed by atoms with van der Waals surface area (Å²) in [6.07, 6.45) is 4.98. The van der Waals surface area contributed by atoms with Crippen molar-refractivity contribution in [2.45, 2.75) is 46.0 Å². The van der Waals surface area contributed by atoms with E-state index < -0.39 is 0 Å². The summed E-state index contributed by atoms with van der Waals surface area (Å²) in [6.45, 7) is 8.07. The largest absolute Gasteiger partial charge is 0.382 e. The average Bonchev–Trinajstić information content (AvgIpc) is 3.54. The van der Waals surface area contributed by atoms with Gasteiger partial charge in [-0.15, -0.1) is 0 Å². The summed E-state index contributed by atoms with van der Waals surface area (Å²) in [4.78, 5) is 27.3. The van der Waals surface area contributed by atoms with E-state index in [0.717, 1.165) is 56.8 Å². The predicted molar refractivity (Wildman–Crippen MR) is 112 cm³/mol. The summed E-state index contributed by atoms with van der Waals surface area (Å²) >= 11 is 0. The van der Waals surface area contributed by atoms with E-state index >= 15 is 0 Å². The number of rotatable bonds is 9. The minimum atomic E-state index is -0.0901. The Morgan fingerprint density at radius 2 is 1.93 bits per heavy atom. The molecule has 2 N–H and O–H groups in total. The highest BCUT2D eigenvalue weighted by molar-refractivity contribution is 6.02. The number of carbonyl (C=O) groups is 2. The second-order valence-electron chi connectivity index (χ2n) is 7.97. The summed E-state index contributed by atoms with van der Waals surface area (Å²) in [5.74, 6) is 0.832. The van der Waals surface area contributed by atoms with Crippen molar-refractivity contribution >= 4 is 23.2 Å². The lowest BCUT2D eigenvalue weighted by atomic mass is 9.97. The van der Waals surface area contributed by atoms with E-state index in [1.54, 1.807) is 0 Å². The van der Waals surface area contributed by atoms with Gasteiger partial charge >= 0.3 is 0 Å². The number of ether oxygens (including phenoxy) is 1. The van der Waals surface area contributed by atoms with Gasteiger partial charge < -0.3 is 20.3 Å². The van der Waals surface area contributed by atoms with Crippen molar-refractivity contribution < 1.29 is 14.3 Å². The first kappa shape index (κ1) is 20.6. The van der Waals surface area contributed by atoms with Gasteiger partial charge in [0.05, 0.1) is 5.56 Å². The standard InChI is InChI=1S/C22H33N3O3/c1-3-28-14-4-11-23-22(27)19-15-18(24-21(26)17-5-6-17)7-8-20(19)25-12-9-16(2)10-13-25/h7-8,15-17H,3-6,9-14H2,1-2H3,(H,23,27)(H,24,26). The molecule has 1 aromatic rings. The molecule has 0 spiro atoms. The highest BCUT2D eigenvalue weighted by atomic mass is 16.5. The molecule has 28 heavy (non-hydrogen) atoms. The number of hydrogen-bond donors (Lipinski definition) is 2. The molecule has 1 aliphatic carbocycles. The van der Waals surface area contributed by atoms with E-state index in [-0.39, 0.29) is 17.7 Å². The Hall–Kier alpha value is -2.08. The highest BCUT2D eigenvalue weighted by Gasteiger charge is 2.30. The molecule has 2 amide bonds. The van der Waals surface area contributed by atoms with E-state index in [1.165, 1.54) is 0 Å². The second kappa shape index (κ2) is 9.92. The Balaban J connectivity index is 1.71. The fourth-order valence-electron chi connectivity index (χ4n) is 3.53. The minimum Gasteiger partial charge on any atom is -0.382 e. The van der Waals surface area contributed by atoms with Gasteiger partial charge in [-0.3, -0.25) is 9.59 Å². The van der Waals surface area contributed by atoms with E-state index in [0.29, 0.717) is 31.0 Å². The number of nitrogens with one attached hydrogen (secondary N) is 2. The zero-order valence-corrected chi connectivity index (χ0v) is 17.1. The number of hydrogen-bond acceptors (Lipinski definition) is 4. The molecule has 0 radical (unpaired) electrons. The molecule has 154 valence electrons. The summed E-state index contributed by atoms with van der Waals surface area (Å²) in [7, 11) is 0. The number of carbonyl (C=O) groups excluding carboxylic acids is 2. The lowest BCUT2D eigenvalue weighted by molar-refractivity contribution is -0.117. The average molecular weight is 388 g/mol. The van der Waals surface area contributed by atoms with Crippen molar-refractivity contribution in [2.75, 3.05) is 43.1 Å². The van der Waals surface area contributed by atoms with Gasteiger partial charge in [-0.25, -0.2) is 0 Å². The van der Waals surface area contributed by atoms with Crippen LogP contribution in [0.15, 0.2) is 18.2 Å². The van der Waals surface area contributed by atoms with Crippen LogP contribution in [0.3, 0.4) is 0 Å². The molecular formula is C22H33N3O3. The van der Waals surface area contributed by atoms with Gasteiger partial charge in [0.25, 0.3) is 5.91 Å². The number of piperidine rings is 1. The number of nitrogens with zero attached hydrogens (tertiary/aromatic N) is 1. The topological polar surface area (TPSA) is 70.7 Å². The van der Waals surface area contributed by atoms with E-state index in [9.17, 15) is 9.59 Å². The SMILES string of the molecule is CCOCCCNC(=O)c1cc(NC(=O)C2CC2)ccc1N1CCC(C)CC1. The molecular weight excluding hydrogens is 354 g/mol. The molecule has 1 aliphatic heterocycles. The Morgan fingerprint density at radius 3 is 2.61 bits per heavy atom. The van der Waals surface area contributed by atoms with E-state index in [4.69, 9.17) is 4.74 Å². The van der Waals surface area contributed by atoms with Crippen molar-refractivity contribution in [1.82, 2.24) is 5.32 Å². The maximum Gasteiger partial charge on any atom is 0.253 e. The van der Waals surface area contributed by atoms with Crippen molar-refractivity contribution in [3.8, 4) is 0 Å². The van der Waals surface area contributed by atoms with Crippen molar-refractivity contribution in [3.63, 3.8) is 0 Å². The zero-order chi connectivity index (χ0) is 19.9. The van der Waals surface area contributed by atoms with Crippen LogP contribution >= 0.6 is 0 Å². The first-order valence-electron chi connectivity index (χ1n) is 10.6. The first-order chi connectivity index (χ1) is 13.6. The van der Waals surface area contributed by atoms with Crippen LogP contribution < -0.4 is 15.5 Å². The van der Waals surface area contributed by atoms with E-state index in [2.05, 4.69) is 22.5 Å². The monoisotopic (exact) mass is 387 g/mol. The van der Waals surface area contributed by atoms with Gasteiger partial charge in [0.15, 0.2) is 0 Å². The Labute approximate surface area is 168 Å². The van der Waals surface area contributed by atoms with Crippen LogP contribution in [-0.2, 0) is 9.53 Å². The molecule has 0 aromatic heterocycles. The third-order valence-electron chi connectivity index (χ3n) is 5.54. The Bertz CT molecular complexity index is 680. The summed E-state index contributed by atoms with van der Waals surface area (Å²) in [5.41, 5.74) is 2.30. The van der Waals surface area contributed by atoms with Crippen LogP contribution in [-0.4, -0.2) is 44.7 Å². The van der Waals surface area contributed by atoms with Gasteiger partial charge in [-0.2, -0.15) is 0 Å². The third kappa shape index (κ3) is 5.71. The number of benzene rings is 1. The van der Waals surface area contributed by atoms with Gasteiger partial charge in [0.2, 0.25) is 5.91 Å². The Kier molecular flexibility index (Phi) is 7.31. The molecule has 1 saturated carbocycles. The molecule has 3 rings (SSSR count). The molecule has 2 fully saturated rings. The van der Waals surface area contributed by atoms with Gasteiger partial charge in [-0.05, 0) is 63.1 Å². The van der Waals surface area contributed by atoms with Gasteiger partial charge in [-0.1, -0.05) is 6.92 Å². The summed E-state index contributed by atoms with van der Waals surface area (Å²) in [5, 5.41) is 5.97. The third-order valence-corrected chi connectivity index (χ3v) is 5.54. The molecule has 1 saturated heterocycles. The van der Waals surface area contributed by atoms with Crippen LogP contribution in [0.5, 0.6) is 0 Å². The lowest BCUT2D eigenvalue weighted by Gasteiger charge is -2.33. The molecule has 6 heteroatoms. The fraction of sp³-hybridized carbons (Fsp3) is 0.636. The molecule has 0 unspecified atom stereocenters. The minimum absolute atomic E-state index is 0.0580. The predicted octanol–water partition coefficient (Wildman–Crippen LogP) is 3.43. The van der Waals surface area contributed by atoms with Gasteiger partial charge in [0, 0.05) is 50.1 Å². The maximum atomic E-state index is 12.9. The first-order valence-corrected chi connectivity index (χ1v) is 10.6. The van der Waals surface area contributed by atoms with Crippen LogP contribution in [0.2, 0.25) is 0 Å². The molecule has 0 bridgehead atoms. The lowest BCUT2D eigenvalue weighted by Crippen LogP contribution is -2.35. The fourth-order valence-corrected chi connectivity index (χ4v) is 3.53. The quantitative estimate of drug-likeness (QED) is 0.637. The molecule has 2 aliphatic rings. The normalized spacial score (nSPS) is 17.4. The van der Waals surface area contributed by atoms with Crippen LogP contribution in [0.25, 0.3) is 0 Å². The molecule has 1 aromatic carbocycles. The van der Waals surface area contributed by atoms with Crippen molar-refractivity contribution in [1.29, 1.82) is 0 Å². The zero-order valence-electron chi connectivity index (χ0n) is 17.1. The molecule has 0 atom stereocenters. The molecule has 1 heterocycles. The highest BCUT2D eigenvalue weighted by Crippen LogP contribution is 2.32. The second-order valence-corrected chi connectivity index (χ2v) is 7.97. The summed E-state index contributed by atoms with van der Waals surface area (Å²) in [6, 6.07) is 5.72. The van der Waals surface area contributed by atoms with Crippen LogP contribution in [0, 0.1) is 11.8 Å².